The second kappa shape index (κ2) is 11.8. The predicted octanol–water partition coefficient (Wildman–Crippen LogP) is 3.08. The lowest BCUT2D eigenvalue weighted by atomic mass is 10.2. The van der Waals surface area contributed by atoms with Crippen molar-refractivity contribution in [2.45, 2.75) is 38.4 Å². The van der Waals surface area contributed by atoms with Crippen LogP contribution in [0.15, 0.2) is 57.9 Å². The molecule has 0 aliphatic carbocycles. The maximum Gasteiger partial charge on any atom is 0.338 e. The van der Waals surface area contributed by atoms with E-state index in [1.165, 1.54) is 35.5 Å². The highest BCUT2D eigenvalue weighted by Crippen LogP contribution is 2.21. The van der Waals surface area contributed by atoms with Crippen molar-refractivity contribution in [3.8, 4) is 5.75 Å². The van der Waals surface area contributed by atoms with E-state index >= 15 is 0 Å². The Morgan fingerprint density at radius 3 is 2.32 bits per heavy atom. The smallest absolute Gasteiger partial charge is 0.338 e. The largest absolute Gasteiger partial charge is 0.489 e. The summed E-state index contributed by atoms with van der Waals surface area (Å²) in [5.41, 5.74) is 2.25. The highest BCUT2D eigenvalue weighted by molar-refractivity contribution is 7.89. The topological polar surface area (TPSA) is 137 Å². The molecule has 2 aromatic carbocycles. The molecule has 202 valence electrons. The molecule has 1 amide bonds. The number of hydrogen-bond acceptors (Lipinski definition) is 9. The van der Waals surface area contributed by atoms with Crippen molar-refractivity contribution >= 4 is 27.6 Å². The summed E-state index contributed by atoms with van der Waals surface area (Å²) in [5, 5.41) is 6.51. The van der Waals surface area contributed by atoms with Crippen LogP contribution in [-0.4, -0.2) is 62.2 Å². The average molecular weight is 544 g/mol. The number of rotatable bonds is 9. The van der Waals surface area contributed by atoms with Crippen LogP contribution in [0.3, 0.4) is 0 Å². The lowest BCUT2D eigenvalue weighted by Gasteiger charge is -2.26. The average Bonchev–Trinajstić information content (AvgIpc) is 3.25. The fourth-order valence-electron chi connectivity index (χ4n) is 3.72. The molecule has 0 unspecified atom stereocenters. The Hall–Kier alpha value is -3.74. The lowest BCUT2D eigenvalue weighted by Crippen LogP contribution is -2.40. The minimum absolute atomic E-state index is 0.121. The highest BCUT2D eigenvalue weighted by atomic mass is 32.2. The van der Waals surface area contributed by atoms with Gasteiger partial charge in [0.2, 0.25) is 10.0 Å². The summed E-state index contributed by atoms with van der Waals surface area (Å²) < 4.78 is 48.2. The minimum Gasteiger partial charge on any atom is -0.489 e. The third-order valence-electron chi connectivity index (χ3n) is 6.04. The zero-order valence-corrected chi connectivity index (χ0v) is 22.1. The number of amides is 1. The van der Waals surface area contributed by atoms with Gasteiger partial charge in [-0.3, -0.25) is 4.79 Å². The number of nitrogens with zero attached hydrogens (tertiary/aromatic N) is 2. The van der Waals surface area contributed by atoms with Gasteiger partial charge in [-0.2, -0.15) is 4.31 Å². The van der Waals surface area contributed by atoms with Crippen molar-refractivity contribution in [1.82, 2.24) is 9.46 Å². The monoisotopic (exact) mass is 543 g/mol. The van der Waals surface area contributed by atoms with E-state index in [9.17, 15) is 18.0 Å². The molecule has 0 bridgehead atoms. The van der Waals surface area contributed by atoms with Crippen LogP contribution in [-0.2, 0) is 30.9 Å². The van der Waals surface area contributed by atoms with Crippen molar-refractivity contribution in [1.29, 1.82) is 0 Å². The van der Waals surface area contributed by atoms with Gasteiger partial charge in [0.25, 0.3) is 5.91 Å². The number of benzene rings is 2. The molecule has 0 spiro atoms. The maximum atomic E-state index is 12.7. The molecule has 3 aromatic rings. The normalized spacial score (nSPS) is 15.0. The Kier molecular flexibility index (Phi) is 8.45. The van der Waals surface area contributed by atoms with Gasteiger partial charge in [0.15, 0.2) is 6.10 Å². The molecule has 1 atom stereocenters. The van der Waals surface area contributed by atoms with Gasteiger partial charge in [0.05, 0.1) is 34.9 Å². The summed E-state index contributed by atoms with van der Waals surface area (Å²) in [7, 11) is -3.64. The Bertz CT molecular complexity index is 1360. The SMILES string of the molecule is Cc1noc(C)c1COc1ccc(C(=O)O[C@H](C)C(=O)Nc2ccc(S(=O)(=O)N3CCOCC3)cc2)cc1. The van der Waals surface area contributed by atoms with Crippen LogP contribution in [0.4, 0.5) is 5.69 Å². The van der Waals surface area contributed by atoms with E-state index in [2.05, 4.69) is 10.5 Å². The molecule has 4 rings (SSSR count). The number of sulfonamides is 1. The number of carbonyl (C=O) groups excluding carboxylic acids is 2. The third-order valence-corrected chi connectivity index (χ3v) is 7.95. The molecule has 1 aliphatic rings. The number of aromatic nitrogens is 1. The zero-order chi connectivity index (χ0) is 27.3. The summed E-state index contributed by atoms with van der Waals surface area (Å²) in [6.45, 7) is 6.66. The first kappa shape index (κ1) is 27.3. The number of morpholine rings is 1. The Morgan fingerprint density at radius 1 is 1.05 bits per heavy atom. The van der Waals surface area contributed by atoms with Gasteiger partial charge in [-0.25, -0.2) is 13.2 Å². The Labute approximate surface area is 220 Å². The van der Waals surface area contributed by atoms with Gasteiger partial charge in [-0.1, -0.05) is 5.16 Å². The summed E-state index contributed by atoms with van der Waals surface area (Å²) in [5.74, 6) is 0.00813. The first-order chi connectivity index (χ1) is 18.1. The summed E-state index contributed by atoms with van der Waals surface area (Å²) in [6.07, 6.45) is -1.09. The highest BCUT2D eigenvalue weighted by Gasteiger charge is 2.26. The minimum atomic E-state index is -3.64. The van der Waals surface area contributed by atoms with E-state index in [-0.39, 0.29) is 17.1 Å². The summed E-state index contributed by atoms with van der Waals surface area (Å²) in [4.78, 5) is 25.2. The van der Waals surface area contributed by atoms with Crippen LogP contribution in [0.2, 0.25) is 0 Å². The van der Waals surface area contributed by atoms with E-state index in [0.717, 1.165) is 11.3 Å². The zero-order valence-electron chi connectivity index (χ0n) is 21.3. The van der Waals surface area contributed by atoms with Gasteiger partial charge in [0, 0.05) is 18.8 Å². The first-order valence-electron chi connectivity index (χ1n) is 12.0. The van der Waals surface area contributed by atoms with E-state index in [0.29, 0.717) is 43.5 Å². The molecule has 1 aromatic heterocycles. The molecule has 0 radical (unpaired) electrons. The number of ether oxygens (including phenoxy) is 3. The number of hydrogen-bond donors (Lipinski definition) is 1. The van der Waals surface area contributed by atoms with Crippen LogP contribution in [0.1, 0.15) is 34.3 Å². The molecule has 38 heavy (non-hydrogen) atoms. The van der Waals surface area contributed by atoms with E-state index in [1.807, 2.05) is 6.92 Å². The quantitative estimate of drug-likeness (QED) is 0.404. The molecule has 2 heterocycles. The number of carbonyl (C=O) groups is 2. The van der Waals surface area contributed by atoms with Gasteiger partial charge >= 0.3 is 5.97 Å². The maximum absolute atomic E-state index is 12.7. The second-order valence-electron chi connectivity index (χ2n) is 8.69. The van der Waals surface area contributed by atoms with E-state index in [1.54, 1.807) is 31.2 Å². The third kappa shape index (κ3) is 6.39. The number of nitrogens with one attached hydrogen (secondary N) is 1. The van der Waals surface area contributed by atoms with Crippen molar-refractivity contribution in [2.24, 2.45) is 0 Å². The van der Waals surface area contributed by atoms with Crippen molar-refractivity contribution in [3.05, 3.63) is 71.1 Å². The van der Waals surface area contributed by atoms with Crippen LogP contribution in [0.5, 0.6) is 5.75 Å². The molecule has 1 saturated heterocycles. The van der Waals surface area contributed by atoms with E-state index in [4.69, 9.17) is 18.7 Å². The van der Waals surface area contributed by atoms with Crippen molar-refractivity contribution < 1.29 is 36.7 Å². The van der Waals surface area contributed by atoms with Gasteiger partial charge < -0.3 is 24.1 Å². The van der Waals surface area contributed by atoms with Crippen molar-refractivity contribution in [3.63, 3.8) is 0 Å². The number of esters is 1. The second-order valence-corrected chi connectivity index (χ2v) is 10.6. The summed E-state index contributed by atoms with van der Waals surface area (Å²) >= 11 is 0. The van der Waals surface area contributed by atoms with Gasteiger partial charge in [0.1, 0.15) is 18.1 Å². The predicted molar refractivity (Wildman–Crippen MR) is 136 cm³/mol. The van der Waals surface area contributed by atoms with Crippen molar-refractivity contribution in [2.75, 3.05) is 31.6 Å². The van der Waals surface area contributed by atoms with Crippen LogP contribution < -0.4 is 10.1 Å². The van der Waals surface area contributed by atoms with E-state index < -0.39 is 28.0 Å². The first-order valence-corrected chi connectivity index (χ1v) is 13.4. The molecule has 12 heteroatoms. The molecular weight excluding hydrogens is 514 g/mol. The van der Waals surface area contributed by atoms with Gasteiger partial charge in [-0.15, -0.1) is 0 Å². The number of aryl methyl sites for hydroxylation is 2. The molecule has 11 nitrogen and oxygen atoms in total. The number of anilines is 1. The fourth-order valence-corrected chi connectivity index (χ4v) is 5.13. The molecular formula is C26H29N3O8S. The van der Waals surface area contributed by atoms with Crippen LogP contribution >= 0.6 is 0 Å². The Balaban J connectivity index is 1.29. The fraction of sp³-hybridized carbons (Fsp3) is 0.346. The summed E-state index contributed by atoms with van der Waals surface area (Å²) in [6, 6.07) is 12.2. The molecule has 0 saturated carbocycles. The standard InChI is InChI=1S/C26H29N3O8S/c1-17-24(18(2)37-28-17)16-35-22-8-4-20(5-9-22)26(31)36-19(3)25(30)27-21-6-10-23(11-7-21)38(32,33)29-12-14-34-15-13-29/h4-11,19H,12-16H2,1-3H3,(H,27,30)/t19-/m1/s1. The van der Waals surface area contributed by atoms with Crippen LogP contribution in [0, 0.1) is 13.8 Å². The molecule has 1 aliphatic heterocycles. The molecule has 1 fully saturated rings. The van der Waals surface area contributed by atoms with Gasteiger partial charge in [-0.05, 0) is 69.3 Å². The Morgan fingerprint density at radius 2 is 1.71 bits per heavy atom. The van der Waals surface area contributed by atoms with Crippen LogP contribution in [0.25, 0.3) is 0 Å². The lowest BCUT2D eigenvalue weighted by molar-refractivity contribution is -0.123. The molecule has 1 N–H and O–H groups in total.